The second-order valence-electron chi connectivity index (χ2n) is 4.57. The fourth-order valence-corrected chi connectivity index (χ4v) is 1.68. The average Bonchev–Trinajstić information content (AvgIpc) is 2.78. The lowest BCUT2D eigenvalue weighted by molar-refractivity contribution is -0.139. The first-order chi connectivity index (χ1) is 8.59. The van der Waals surface area contributed by atoms with E-state index < -0.39 is 11.8 Å². The van der Waals surface area contributed by atoms with Crippen LogP contribution in [0.2, 0.25) is 0 Å². The minimum Gasteiger partial charge on any atom is -0.459 e. The fraction of sp³-hybridized carbons (Fsp3) is 0.286. The maximum atomic E-state index is 11.9. The summed E-state index contributed by atoms with van der Waals surface area (Å²) in [5, 5.41) is 0.740. The van der Waals surface area contributed by atoms with Crippen LogP contribution in [-0.2, 0) is 9.53 Å². The van der Waals surface area contributed by atoms with Crippen molar-refractivity contribution in [2.45, 2.75) is 13.8 Å². The molecule has 0 amide bonds. The van der Waals surface area contributed by atoms with E-state index >= 15 is 0 Å². The van der Waals surface area contributed by atoms with Gasteiger partial charge in [-0.3, -0.25) is 4.79 Å². The summed E-state index contributed by atoms with van der Waals surface area (Å²) < 4.78 is 4.94. The Morgan fingerprint density at radius 3 is 2.72 bits per heavy atom. The van der Waals surface area contributed by atoms with Gasteiger partial charge in [-0.1, -0.05) is 32.0 Å². The SMILES string of the molecule is CC(C)COC(=O)C(=O)c1c[nH]c2ccccc12. The number of nitrogens with one attached hydrogen (secondary N) is 1. The number of carbonyl (C=O) groups excluding carboxylic acids is 2. The smallest absolute Gasteiger partial charge is 0.379 e. The third-order valence-corrected chi connectivity index (χ3v) is 2.57. The summed E-state index contributed by atoms with van der Waals surface area (Å²) in [5.41, 5.74) is 1.19. The summed E-state index contributed by atoms with van der Waals surface area (Å²) in [5.74, 6) is -1.19. The van der Waals surface area contributed by atoms with Crippen LogP contribution >= 0.6 is 0 Å². The Morgan fingerprint density at radius 1 is 1.28 bits per heavy atom. The zero-order chi connectivity index (χ0) is 13.1. The summed E-state index contributed by atoms with van der Waals surface area (Å²) >= 11 is 0. The number of H-pyrrole nitrogens is 1. The van der Waals surface area contributed by atoms with Crippen LogP contribution in [0.15, 0.2) is 30.5 Å². The molecule has 2 rings (SSSR count). The molecule has 0 bridgehead atoms. The van der Waals surface area contributed by atoms with Crippen molar-refractivity contribution in [3.63, 3.8) is 0 Å². The Morgan fingerprint density at radius 2 is 2.00 bits per heavy atom. The first-order valence-corrected chi connectivity index (χ1v) is 5.87. The molecular weight excluding hydrogens is 230 g/mol. The number of hydrogen-bond acceptors (Lipinski definition) is 3. The van der Waals surface area contributed by atoms with Gasteiger partial charge in [0.25, 0.3) is 5.78 Å². The molecule has 0 radical (unpaired) electrons. The van der Waals surface area contributed by atoms with E-state index in [4.69, 9.17) is 4.74 Å². The maximum absolute atomic E-state index is 11.9. The number of hydrogen-bond donors (Lipinski definition) is 1. The maximum Gasteiger partial charge on any atom is 0.379 e. The van der Waals surface area contributed by atoms with Crippen LogP contribution in [0.5, 0.6) is 0 Å². The van der Waals surface area contributed by atoms with Crippen LogP contribution < -0.4 is 0 Å². The molecule has 4 nitrogen and oxygen atoms in total. The van der Waals surface area contributed by atoms with Gasteiger partial charge in [0.2, 0.25) is 0 Å². The summed E-state index contributed by atoms with van der Waals surface area (Å²) in [4.78, 5) is 26.5. The zero-order valence-electron chi connectivity index (χ0n) is 10.4. The molecule has 94 valence electrons. The molecule has 0 aliphatic carbocycles. The van der Waals surface area contributed by atoms with Gasteiger partial charge in [-0.15, -0.1) is 0 Å². The van der Waals surface area contributed by atoms with Crippen molar-refractivity contribution in [2.24, 2.45) is 5.92 Å². The molecule has 0 unspecified atom stereocenters. The number of rotatable bonds is 4. The Hall–Kier alpha value is -2.10. The van der Waals surface area contributed by atoms with Crippen molar-refractivity contribution in [1.82, 2.24) is 4.98 Å². The van der Waals surface area contributed by atoms with Crippen LogP contribution in [0.3, 0.4) is 0 Å². The fourth-order valence-electron chi connectivity index (χ4n) is 1.68. The Labute approximate surface area is 105 Å². The first kappa shape index (κ1) is 12.4. The molecule has 0 saturated carbocycles. The third-order valence-electron chi connectivity index (χ3n) is 2.57. The van der Waals surface area contributed by atoms with Gasteiger partial charge in [0, 0.05) is 17.1 Å². The number of fused-ring (bicyclic) bond motifs is 1. The van der Waals surface area contributed by atoms with Gasteiger partial charge in [0.05, 0.1) is 12.2 Å². The molecule has 0 spiro atoms. The van der Waals surface area contributed by atoms with Crippen LogP contribution in [0.25, 0.3) is 10.9 Å². The highest BCUT2D eigenvalue weighted by Crippen LogP contribution is 2.18. The van der Waals surface area contributed by atoms with Crippen LogP contribution in [0.1, 0.15) is 24.2 Å². The monoisotopic (exact) mass is 245 g/mol. The quantitative estimate of drug-likeness (QED) is 0.511. The predicted octanol–water partition coefficient (Wildman–Crippen LogP) is 2.55. The van der Waals surface area contributed by atoms with Crippen molar-refractivity contribution in [1.29, 1.82) is 0 Å². The topological polar surface area (TPSA) is 59.2 Å². The van der Waals surface area contributed by atoms with Gasteiger partial charge in [0.15, 0.2) is 0 Å². The zero-order valence-corrected chi connectivity index (χ0v) is 10.4. The molecule has 1 N–H and O–H groups in total. The molecule has 1 aromatic heterocycles. The van der Waals surface area contributed by atoms with Crippen molar-refractivity contribution in [3.8, 4) is 0 Å². The molecule has 4 heteroatoms. The molecule has 18 heavy (non-hydrogen) atoms. The molecule has 2 aromatic rings. The normalized spacial score (nSPS) is 10.8. The van der Waals surface area contributed by atoms with Crippen molar-refractivity contribution < 1.29 is 14.3 Å². The minimum atomic E-state index is -0.798. The number of para-hydroxylation sites is 1. The van der Waals surface area contributed by atoms with E-state index in [0.717, 1.165) is 10.9 Å². The average molecular weight is 245 g/mol. The number of ether oxygens (including phenoxy) is 1. The number of Topliss-reactive ketones (excluding diaryl/α,β-unsaturated/α-hetero) is 1. The molecule has 0 fully saturated rings. The van der Waals surface area contributed by atoms with Gasteiger partial charge in [-0.25, -0.2) is 4.79 Å². The van der Waals surface area contributed by atoms with E-state index in [0.29, 0.717) is 5.56 Å². The Bertz CT molecular complexity index is 583. The molecule has 0 saturated heterocycles. The number of ketones is 1. The first-order valence-electron chi connectivity index (χ1n) is 5.87. The van der Waals surface area contributed by atoms with Gasteiger partial charge in [0.1, 0.15) is 0 Å². The van der Waals surface area contributed by atoms with Crippen LogP contribution in [0.4, 0.5) is 0 Å². The van der Waals surface area contributed by atoms with Gasteiger partial charge >= 0.3 is 5.97 Å². The van der Waals surface area contributed by atoms with Gasteiger partial charge < -0.3 is 9.72 Å². The lowest BCUT2D eigenvalue weighted by Crippen LogP contribution is -2.19. The minimum absolute atomic E-state index is 0.213. The number of aromatic nitrogens is 1. The molecule has 1 heterocycles. The largest absolute Gasteiger partial charge is 0.459 e. The summed E-state index contributed by atoms with van der Waals surface area (Å²) in [7, 11) is 0. The number of carbonyl (C=O) groups is 2. The second-order valence-corrected chi connectivity index (χ2v) is 4.57. The number of aromatic amines is 1. The Balaban J connectivity index is 2.21. The molecule has 0 aliphatic heterocycles. The predicted molar refractivity (Wildman–Crippen MR) is 68.4 cm³/mol. The third kappa shape index (κ3) is 2.42. The highest BCUT2D eigenvalue weighted by atomic mass is 16.5. The lowest BCUT2D eigenvalue weighted by atomic mass is 10.1. The summed E-state index contributed by atoms with van der Waals surface area (Å²) in [6.45, 7) is 4.10. The summed E-state index contributed by atoms with van der Waals surface area (Å²) in [6, 6.07) is 7.34. The highest BCUT2D eigenvalue weighted by Gasteiger charge is 2.21. The van der Waals surface area contributed by atoms with E-state index in [1.54, 1.807) is 12.3 Å². The van der Waals surface area contributed by atoms with Gasteiger partial charge in [-0.2, -0.15) is 0 Å². The van der Waals surface area contributed by atoms with Crippen LogP contribution in [0, 0.1) is 5.92 Å². The van der Waals surface area contributed by atoms with E-state index in [-0.39, 0.29) is 12.5 Å². The van der Waals surface area contributed by atoms with Crippen LogP contribution in [-0.4, -0.2) is 23.3 Å². The number of benzene rings is 1. The molecule has 0 atom stereocenters. The molecular formula is C14H15NO3. The van der Waals surface area contributed by atoms with Crippen molar-refractivity contribution in [2.75, 3.05) is 6.61 Å². The van der Waals surface area contributed by atoms with E-state index in [9.17, 15) is 9.59 Å². The van der Waals surface area contributed by atoms with Gasteiger partial charge in [-0.05, 0) is 12.0 Å². The standard InChI is InChI=1S/C14H15NO3/c1-9(2)8-18-14(17)13(16)11-7-15-12-6-4-3-5-10(11)12/h3-7,9,15H,8H2,1-2H3. The van der Waals surface area contributed by atoms with E-state index in [2.05, 4.69) is 4.98 Å². The second kappa shape index (κ2) is 5.04. The van der Waals surface area contributed by atoms with E-state index in [1.165, 1.54) is 0 Å². The van der Waals surface area contributed by atoms with Crippen molar-refractivity contribution >= 4 is 22.7 Å². The van der Waals surface area contributed by atoms with E-state index in [1.807, 2.05) is 32.0 Å². The number of esters is 1. The molecule has 0 aliphatic rings. The molecule has 1 aromatic carbocycles. The Kier molecular flexibility index (Phi) is 3.46. The summed E-state index contributed by atoms with van der Waals surface area (Å²) in [6.07, 6.45) is 1.55. The lowest BCUT2D eigenvalue weighted by Gasteiger charge is -2.05. The highest BCUT2D eigenvalue weighted by molar-refractivity contribution is 6.42. The van der Waals surface area contributed by atoms with Crippen molar-refractivity contribution in [3.05, 3.63) is 36.0 Å².